The Morgan fingerprint density at radius 3 is 3.00 bits per heavy atom. The summed E-state index contributed by atoms with van der Waals surface area (Å²) in [4.78, 5) is 0. The molecule has 17 heavy (non-hydrogen) atoms. The van der Waals surface area contributed by atoms with Crippen LogP contribution in [0.2, 0.25) is 0 Å². The van der Waals surface area contributed by atoms with Gasteiger partial charge in [0.15, 0.2) is 0 Å². The smallest absolute Gasteiger partial charge is 0.0671 e. The van der Waals surface area contributed by atoms with Crippen molar-refractivity contribution in [1.82, 2.24) is 5.32 Å². The molecule has 0 aliphatic carbocycles. The van der Waals surface area contributed by atoms with E-state index < -0.39 is 0 Å². The van der Waals surface area contributed by atoms with E-state index in [9.17, 15) is 0 Å². The van der Waals surface area contributed by atoms with Gasteiger partial charge in [-0.25, -0.2) is 0 Å². The number of benzene rings is 1. The van der Waals surface area contributed by atoms with Crippen LogP contribution in [0.15, 0.2) is 29.6 Å². The van der Waals surface area contributed by atoms with Gasteiger partial charge in [0.1, 0.15) is 0 Å². The first kappa shape index (κ1) is 12.6. The Balaban J connectivity index is 1.91. The molecule has 0 aliphatic rings. The lowest BCUT2D eigenvalue weighted by Crippen LogP contribution is -2.26. The maximum atomic E-state index is 5.49. The van der Waals surface area contributed by atoms with Gasteiger partial charge in [0.25, 0.3) is 0 Å². The summed E-state index contributed by atoms with van der Waals surface area (Å²) in [5, 5.41) is 7.05. The zero-order chi connectivity index (χ0) is 12.1. The molecule has 0 aliphatic heterocycles. The highest BCUT2D eigenvalue weighted by atomic mass is 32.1. The van der Waals surface area contributed by atoms with Crippen LogP contribution in [0.25, 0.3) is 10.1 Å². The first-order valence-corrected chi connectivity index (χ1v) is 6.96. The zero-order valence-corrected chi connectivity index (χ0v) is 11.2. The van der Waals surface area contributed by atoms with Crippen molar-refractivity contribution in [1.29, 1.82) is 0 Å². The third-order valence-corrected chi connectivity index (χ3v) is 3.77. The first-order chi connectivity index (χ1) is 8.31. The summed E-state index contributed by atoms with van der Waals surface area (Å²) >= 11 is 1.81. The molecule has 2 rings (SSSR count). The van der Waals surface area contributed by atoms with Crippen molar-refractivity contribution in [2.45, 2.75) is 26.5 Å². The number of thiophene rings is 1. The molecule has 2 nitrogen and oxygen atoms in total. The number of nitrogens with one attached hydrogen (secondary N) is 1. The molecule has 1 unspecified atom stereocenters. The number of hydrogen-bond acceptors (Lipinski definition) is 3. The normalized spacial score (nSPS) is 13.1. The van der Waals surface area contributed by atoms with Crippen LogP contribution in [0, 0.1) is 0 Å². The summed E-state index contributed by atoms with van der Waals surface area (Å²) in [7, 11) is 0. The van der Waals surface area contributed by atoms with Crippen LogP contribution < -0.4 is 5.32 Å². The van der Waals surface area contributed by atoms with E-state index in [0.717, 1.165) is 19.7 Å². The SMILES string of the molecule is CCOC(C)CNCc1csc2ccccc12. The summed E-state index contributed by atoms with van der Waals surface area (Å²) in [6.45, 7) is 6.73. The van der Waals surface area contributed by atoms with Crippen molar-refractivity contribution in [2.24, 2.45) is 0 Å². The van der Waals surface area contributed by atoms with Crippen LogP contribution in [0.3, 0.4) is 0 Å². The van der Waals surface area contributed by atoms with Gasteiger partial charge in [-0.2, -0.15) is 0 Å². The zero-order valence-electron chi connectivity index (χ0n) is 10.4. The molecule has 3 heteroatoms. The molecule has 0 saturated carbocycles. The first-order valence-electron chi connectivity index (χ1n) is 6.08. The fourth-order valence-corrected chi connectivity index (χ4v) is 2.89. The van der Waals surface area contributed by atoms with Crippen molar-refractivity contribution in [2.75, 3.05) is 13.2 Å². The van der Waals surface area contributed by atoms with Gasteiger partial charge in [-0.15, -0.1) is 11.3 Å². The van der Waals surface area contributed by atoms with E-state index >= 15 is 0 Å². The van der Waals surface area contributed by atoms with Gasteiger partial charge in [0, 0.05) is 24.4 Å². The highest BCUT2D eigenvalue weighted by Gasteiger charge is 2.04. The predicted octanol–water partition coefficient (Wildman–Crippen LogP) is 3.42. The van der Waals surface area contributed by atoms with Gasteiger partial charge >= 0.3 is 0 Å². The Morgan fingerprint density at radius 1 is 1.35 bits per heavy atom. The largest absolute Gasteiger partial charge is 0.377 e. The van der Waals surface area contributed by atoms with E-state index in [1.165, 1.54) is 15.6 Å². The summed E-state index contributed by atoms with van der Waals surface area (Å²) < 4.78 is 6.85. The Bertz CT molecular complexity index is 466. The van der Waals surface area contributed by atoms with Gasteiger partial charge in [-0.3, -0.25) is 0 Å². The topological polar surface area (TPSA) is 21.3 Å². The van der Waals surface area contributed by atoms with Crippen molar-refractivity contribution in [3.8, 4) is 0 Å². The minimum Gasteiger partial charge on any atom is -0.377 e. The molecule has 0 amide bonds. The van der Waals surface area contributed by atoms with Crippen LogP contribution in [-0.4, -0.2) is 19.3 Å². The quantitative estimate of drug-likeness (QED) is 0.847. The van der Waals surface area contributed by atoms with Crippen LogP contribution in [0.5, 0.6) is 0 Å². The van der Waals surface area contributed by atoms with Crippen molar-refractivity contribution in [3.63, 3.8) is 0 Å². The third kappa shape index (κ3) is 3.28. The molecule has 1 heterocycles. The van der Waals surface area contributed by atoms with E-state index in [1.54, 1.807) is 0 Å². The Labute approximate surface area is 107 Å². The molecule has 1 aromatic heterocycles. The number of rotatable bonds is 6. The molecule has 0 radical (unpaired) electrons. The van der Waals surface area contributed by atoms with E-state index in [1.807, 2.05) is 18.3 Å². The van der Waals surface area contributed by atoms with Gasteiger partial charge < -0.3 is 10.1 Å². The van der Waals surface area contributed by atoms with E-state index in [-0.39, 0.29) is 6.10 Å². The second-order valence-electron chi connectivity index (χ2n) is 4.15. The van der Waals surface area contributed by atoms with Gasteiger partial charge in [-0.1, -0.05) is 18.2 Å². The van der Waals surface area contributed by atoms with Crippen LogP contribution in [-0.2, 0) is 11.3 Å². The Hall–Kier alpha value is -0.900. The van der Waals surface area contributed by atoms with Crippen molar-refractivity contribution >= 4 is 21.4 Å². The summed E-state index contributed by atoms with van der Waals surface area (Å²) in [5.41, 5.74) is 1.38. The highest BCUT2D eigenvalue weighted by molar-refractivity contribution is 7.17. The molecule has 1 atom stereocenters. The lowest BCUT2D eigenvalue weighted by molar-refractivity contribution is 0.0759. The fraction of sp³-hybridized carbons (Fsp3) is 0.429. The van der Waals surface area contributed by atoms with E-state index in [0.29, 0.717) is 0 Å². The van der Waals surface area contributed by atoms with Crippen LogP contribution >= 0.6 is 11.3 Å². The average Bonchev–Trinajstić information content (AvgIpc) is 2.73. The van der Waals surface area contributed by atoms with Crippen LogP contribution in [0.1, 0.15) is 19.4 Å². The molecule has 1 aromatic carbocycles. The number of ether oxygens (including phenoxy) is 1. The Morgan fingerprint density at radius 2 is 2.18 bits per heavy atom. The second kappa shape index (κ2) is 6.15. The number of hydrogen-bond donors (Lipinski definition) is 1. The fourth-order valence-electron chi connectivity index (χ4n) is 1.92. The lowest BCUT2D eigenvalue weighted by atomic mass is 10.2. The monoisotopic (exact) mass is 249 g/mol. The van der Waals surface area contributed by atoms with Crippen molar-refractivity contribution in [3.05, 3.63) is 35.2 Å². The molecule has 1 N–H and O–H groups in total. The minimum absolute atomic E-state index is 0.282. The lowest BCUT2D eigenvalue weighted by Gasteiger charge is -2.12. The minimum atomic E-state index is 0.282. The predicted molar refractivity (Wildman–Crippen MR) is 74.6 cm³/mol. The summed E-state index contributed by atoms with van der Waals surface area (Å²) in [6.07, 6.45) is 0.282. The maximum Gasteiger partial charge on any atom is 0.0671 e. The summed E-state index contributed by atoms with van der Waals surface area (Å²) in [5.74, 6) is 0. The summed E-state index contributed by atoms with van der Waals surface area (Å²) in [6, 6.07) is 8.55. The van der Waals surface area contributed by atoms with E-state index in [2.05, 4.69) is 41.9 Å². The molecule has 2 aromatic rings. The molecular formula is C14H19NOS. The molecular weight excluding hydrogens is 230 g/mol. The molecule has 0 fully saturated rings. The second-order valence-corrected chi connectivity index (χ2v) is 5.07. The molecule has 0 spiro atoms. The standard InChI is InChI=1S/C14H19NOS/c1-3-16-11(2)8-15-9-12-10-17-14-7-5-4-6-13(12)14/h4-7,10-11,15H,3,8-9H2,1-2H3. The van der Waals surface area contributed by atoms with Gasteiger partial charge in [0.05, 0.1) is 6.10 Å². The number of fused-ring (bicyclic) bond motifs is 1. The van der Waals surface area contributed by atoms with Gasteiger partial charge in [0.2, 0.25) is 0 Å². The van der Waals surface area contributed by atoms with E-state index in [4.69, 9.17) is 4.74 Å². The molecule has 0 bridgehead atoms. The van der Waals surface area contributed by atoms with Crippen LogP contribution in [0.4, 0.5) is 0 Å². The highest BCUT2D eigenvalue weighted by Crippen LogP contribution is 2.25. The maximum absolute atomic E-state index is 5.49. The van der Waals surface area contributed by atoms with Gasteiger partial charge in [-0.05, 0) is 36.2 Å². The van der Waals surface area contributed by atoms with Crippen molar-refractivity contribution < 1.29 is 4.74 Å². The molecule has 0 saturated heterocycles. The molecule has 92 valence electrons. The third-order valence-electron chi connectivity index (χ3n) is 2.76. The average molecular weight is 249 g/mol. The Kier molecular flexibility index (Phi) is 4.54.